The van der Waals surface area contributed by atoms with Crippen LogP contribution < -0.4 is 0 Å². The van der Waals surface area contributed by atoms with E-state index in [1.165, 1.54) is 17.3 Å². The van der Waals surface area contributed by atoms with Gasteiger partial charge in [-0.3, -0.25) is 4.21 Å². The van der Waals surface area contributed by atoms with Gasteiger partial charge in [0.1, 0.15) is 11.1 Å². The highest BCUT2D eigenvalue weighted by Crippen LogP contribution is 2.34. The number of hydrogen-bond acceptors (Lipinski definition) is 5. The Morgan fingerprint density at radius 2 is 1.54 bits per heavy atom. The number of nitrogens with zero attached hydrogens (tertiary/aromatic N) is 2. The van der Waals surface area contributed by atoms with E-state index in [4.69, 9.17) is 4.98 Å². The lowest BCUT2D eigenvalue weighted by atomic mass is 9.87. The molecule has 4 rings (SSSR count). The summed E-state index contributed by atoms with van der Waals surface area (Å²) in [5.41, 5.74) is 5.12. The molecule has 0 aliphatic heterocycles. The van der Waals surface area contributed by atoms with Crippen LogP contribution in [0.4, 0.5) is 0 Å². The summed E-state index contributed by atoms with van der Waals surface area (Å²) in [7, 11) is -1.33. The first-order valence-corrected chi connectivity index (χ1v) is 14.4. The van der Waals surface area contributed by atoms with E-state index in [1.54, 1.807) is 0 Å². The number of rotatable bonds is 8. The maximum atomic E-state index is 12.9. The average Bonchev–Trinajstić information content (AvgIpc) is 2.92. The van der Waals surface area contributed by atoms with Gasteiger partial charge in [-0.25, -0.2) is 4.98 Å². The fraction of sp³-hybridized carbons (Fsp3) is 0.226. The number of nitriles is 1. The summed E-state index contributed by atoms with van der Waals surface area (Å²) in [5, 5.41) is 21.3. The second kappa shape index (κ2) is 11.9. The Hall–Kier alpha value is -3.24. The molecule has 0 aliphatic rings. The lowest BCUT2D eigenvalue weighted by Gasteiger charge is -2.19. The molecule has 0 radical (unpaired) electrons. The number of aliphatic hydroxyl groups excluding tert-OH is 1. The topological polar surface area (TPSA) is 74.0 Å². The predicted octanol–water partition coefficient (Wildman–Crippen LogP) is 6.85. The van der Waals surface area contributed by atoms with Crippen molar-refractivity contribution in [3.63, 3.8) is 0 Å². The highest BCUT2D eigenvalue weighted by molar-refractivity contribution is 7.99. The van der Waals surface area contributed by atoms with Crippen LogP contribution in [0.1, 0.15) is 31.9 Å². The first-order chi connectivity index (χ1) is 17.8. The van der Waals surface area contributed by atoms with E-state index in [0.717, 1.165) is 22.4 Å². The largest absolute Gasteiger partial charge is 0.391 e. The molecule has 2 atom stereocenters. The van der Waals surface area contributed by atoms with E-state index in [0.29, 0.717) is 15.5 Å². The van der Waals surface area contributed by atoms with Crippen molar-refractivity contribution in [2.45, 2.75) is 42.2 Å². The summed E-state index contributed by atoms with van der Waals surface area (Å²) >= 11 is 1.32. The fourth-order valence-electron chi connectivity index (χ4n) is 3.94. The first-order valence-electron chi connectivity index (χ1n) is 12.1. The quantitative estimate of drug-likeness (QED) is 0.254. The second-order valence-electron chi connectivity index (χ2n) is 9.83. The zero-order valence-corrected chi connectivity index (χ0v) is 22.9. The number of pyridine rings is 1. The Morgan fingerprint density at radius 1 is 0.946 bits per heavy atom. The fourth-order valence-corrected chi connectivity index (χ4v) is 6.12. The number of aromatic nitrogens is 1. The van der Waals surface area contributed by atoms with Crippen molar-refractivity contribution in [1.82, 2.24) is 4.98 Å². The summed E-state index contributed by atoms with van der Waals surface area (Å²) in [4.78, 5) is 5.49. The standard InChI is InChI=1S/C31H30N2O2S2/c1-31(2,3)24-14-16-26(17-15-24)37(35)21-25(34)20-36-30-28(19-32)27(22-10-6-4-7-11-22)18-29(33-30)23-12-8-5-9-13-23/h4-18,25,34H,20-21H2,1-3H3/t25-,37-/m1/s1. The normalized spacial score (nSPS) is 13.1. The predicted molar refractivity (Wildman–Crippen MR) is 153 cm³/mol. The third kappa shape index (κ3) is 6.75. The minimum atomic E-state index is -1.33. The van der Waals surface area contributed by atoms with E-state index in [-0.39, 0.29) is 16.9 Å². The number of aliphatic hydroxyl groups is 1. The average molecular weight is 527 g/mol. The van der Waals surface area contributed by atoms with Crippen LogP contribution in [-0.2, 0) is 16.2 Å². The number of thioether (sulfide) groups is 1. The van der Waals surface area contributed by atoms with Crippen molar-refractivity contribution in [1.29, 1.82) is 5.26 Å². The molecule has 1 N–H and O–H groups in total. The molecule has 37 heavy (non-hydrogen) atoms. The van der Waals surface area contributed by atoms with Gasteiger partial charge in [-0.2, -0.15) is 5.26 Å². The molecule has 3 aromatic carbocycles. The molecular weight excluding hydrogens is 496 g/mol. The molecule has 0 saturated heterocycles. The third-order valence-corrected chi connectivity index (χ3v) is 8.60. The van der Waals surface area contributed by atoms with Gasteiger partial charge in [0.05, 0.1) is 33.9 Å². The van der Waals surface area contributed by atoms with Gasteiger partial charge in [-0.1, -0.05) is 93.6 Å². The van der Waals surface area contributed by atoms with Crippen LogP contribution in [0.15, 0.2) is 101 Å². The van der Waals surface area contributed by atoms with Crippen molar-refractivity contribution in [3.05, 3.63) is 102 Å². The van der Waals surface area contributed by atoms with Crippen LogP contribution in [0.5, 0.6) is 0 Å². The lowest BCUT2D eigenvalue weighted by Crippen LogP contribution is -2.20. The van der Waals surface area contributed by atoms with Crippen molar-refractivity contribution < 1.29 is 9.32 Å². The minimum absolute atomic E-state index is 0.0223. The van der Waals surface area contributed by atoms with E-state index < -0.39 is 16.9 Å². The molecule has 4 aromatic rings. The molecular formula is C31H30N2O2S2. The van der Waals surface area contributed by atoms with Crippen LogP contribution in [-0.4, -0.2) is 31.9 Å². The Kier molecular flexibility index (Phi) is 8.60. The molecule has 0 bridgehead atoms. The van der Waals surface area contributed by atoms with Gasteiger partial charge < -0.3 is 5.11 Å². The molecule has 1 aromatic heterocycles. The minimum Gasteiger partial charge on any atom is -0.391 e. The molecule has 0 unspecified atom stereocenters. The van der Waals surface area contributed by atoms with Crippen molar-refractivity contribution in [3.8, 4) is 28.5 Å². The second-order valence-corrected chi connectivity index (χ2v) is 12.3. The van der Waals surface area contributed by atoms with E-state index >= 15 is 0 Å². The molecule has 1 heterocycles. The van der Waals surface area contributed by atoms with E-state index in [9.17, 15) is 14.6 Å². The number of benzene rings is 3. The van der Waals surface area contributed by atoms with Crippen molar-refractivity contribution in [2.75, 3.05) is 11.5 Å². The summed E-state index contributed by atoms with van der Waals surface area (Å²) in [6, 6.07) is 31.6. The lowest BCUT2D eigenvalue weighted by molar-refractivity contribution is 0.224. The molecule has 4 nitrogen and oxygen atoms in total. The molecule has 0 saturated carbocycles. The van der Waals surface area contributed by atoms with Gasteiger partial charge in [0.25, 0.3) is 0 Å². The molecule has 188 valence electrons. The van der Waals surface area contributed by atoms with E-state index in [1.807, 2.05) is 91.0 Å². The monoisotopic (exact) mass is 526 g/mol. The highest BCUT2D eigenvalue weighted by Gasteiger charge is 2.19. The van der Waals surface area contributed by atoms with Crippen molar-refractivity contribution in [2.24, 2.45) is 0 Å². The Labute approximate surface area is 225 Å². The highest BCUT2D eigenvalue weighted by atomic mass is 32.2. The molecule has 6 heteroatoms. The van der Waals surface area contributed by atoms with Crippen LogP contribution in [0.2, 0.25) is 0 Å². The maximum Gasteiger partial charge on any atom is 0.115 e. The van der Waals surface area contributed by atoms with Crippen LogP contribution in [0.3, 0.4) is 0 Å². The van der Waals surface area contributed by atoms with Gasteiger partial charge in [0, 0.05) is 21.8 Å². The van der Waals surface area contributed by atoms with E-state index in [2.05, 4.69) is 26.8 Å². The van der Waals surface area contributed by atoms with Gasteiger partial charge in [-0.15, -0.1) is 11.8 Å². The molecule has 0 aliphatic carbocycles. The maximum absolute atomic E-state index is 12.9. The third-order valence-electron chi connectivity index (χ3n) is 5.99. The van der Waals surface area contributed by atoms with Gasteiger partial charge in [-0.05, 0) is 34.7 Å². The Balaban J connectivity index is 1.55. The van der Waals surface area contributed by atoms with Crippen LogP contribution in [0, 0.1) is 11.3 Å². The van der Waals surface area contributed by atoms with Crippen LogP contribution >= 0.6 is 11.8 Å². The van der Waals surface area contributed by atoms with Gasteiger partial charge in [0.15, 0.2) is 0 Å². The van der Waals surface area contributed by atoms with Crippen molar-refractivity contribution >= 4 is 22.6 Å². The SMILES string of the molecule is CC(C)(C)c1ccc([S@](=O)C[C@H](O)CSc2nc(-c3ccccc3)cc(-c3ccccc3)c2C#N)cc1. The van der Waals surface area contributed by atoms with Gasteiger partial charge >= 0.3 is 0 Å². The Morgan fingerprint density at radius 3 is 2.11 bits per heavy atom. The number of hydrogen-bond donors (Lipinski definition) is 1. The zero-order chi connectivity index (χ0) is 26.4. The molecule has 0 amide bonds. The summed E-state index contributed by atoms with van der Waals surface area (Å²) in [6.07, 6.45) is -0.818. The molecule has 0 fully saturated rings. The van der Waals surface area contributed by atoms with Gasteiger partial charge in [0.2, 0.25) is 0 Å². The zero-order valence-electron chi connectivity index (χ0n) is 21.2. The molecule has 0 spiro atoms. The van der Waals surface area contributed by atoms with Crippen LogP contribution in [0.25, 0.3) is 22.4 Å². The summed E-state index contributed by atoms with van der Waals surface area (Å²) < 4.78 is 12.9. The summed E-state index contributed by atoms with van der Waals surface area (Å²) in [6.45, 7) is 6.42. The first kappa shape index (κ1) is 26.8. The smallest absolute Gasteiger partial charge is 0.115 e. The summed E-state index contributed by atoms with van der Waals surface area (Å²) in [5.74, 6) is 0.396. The Bertz CT molecular complexity index is 1410.